The van der Waals surface area contributed by atoms with Gasteiger partial charge in [-0.05, 0) is 87.9 Å². The van der Waals surface area contributed by atoms with Crippen LogP contribution in [-0.2, 0) is 30.1 Å². The van der Waals surface area contributed by atoms with Crippen LogP contribution in [-0.4, -0.2) is 34.7 Å². The minimum Gasteiger partial charge on any atom is -0.444 e. The summed E-state index contributed by atoms with van der Waals surface area (Å²) in [5.41, 5.74) is -2.85. The van der Waals surface area contributed by atoms with E-state index in [4.69, 9.17) is 4.74 Å². The van der Waals surface area contributed by atoms with Crippen molar-refractivity contribution in [1.29, 1.82) is 0 Å². The van der Waals surface area contributed by atoms with Crippen LogP contribution in [0.4, 0.5) is 35.5 Å². The molecule has 3 unspecified atom stereocenters. The summed E-state index contributed by atoms with van der Waals surface area (Å²) in [7, 11) is 0. The standard InChI is InChI=1S/C28H33F7N2O2/c1-5-23-14-22(36-16-18-10-19(27(30,31)32)13-20(11-18)28(33,34)35)15-24(12-17-6-8-21(29)9-7-17)37(23)25(38)39-26(2,3)4/h6-11,13,22-24,36H,5,12,14-16H2,1-4H3. The highest BCUT2D eigenvalue weighted by Gasteiger charge is 2.40. The highest BCUT2D eigenvalue weighted by molar-refractivity contribution is 5.69. The van der Waals surface area contributed by atoms with Gasteiger partial charge in [-0.2, -0.15) is 26.3 Å². The molecular weight excluding hydrogens is 529 g/mol. The van der Waals surface area contributed by atoms with E-state index in [0.29, 0.717) is 37.8 Å². The summed E-state index contributed by atoms with van der Waals surface area (Å²) in [4.78, 5) is 14.9. The molecule has 216 valence electrons. The number of benzene rings is 2. The first kappa shape index (κ1) is 30.7. The molecule has 0 saturated carbocycles. The molecule has 3 rings (SSSR count). The first-order valence-electron chi connectivity index (χ1n) is 12.7. The Morgan fingerprint density at radius 3 is 1.92 bits per heavy atom. The second kappa shape index (κ2) is 11.7. The Bertz CT molecular complexity index is 1090. The van der Waals surface area contributed by atoms with Crippen LogP contribution in [0.3, 0.4) is 0 Å². The second-order valence-corrected chi connectivity index (χ2v) is 10.9. The van der Waals surface area contributed by atoms with Gasteiger partial charge in [-0.15, -0.1) is 0 Å². The summed E-state index contributed by atoms with van der Waals surface area (Å²) in [6.45, 7) is 6.92. The number of carbonyl (C=O) groups excluding carboxylic acids is 1. The summed E-state index contributed by atoms with van der Waals surface area (Å²) in [6.07, 6.45) is -8.63. The molecule has 0 spiro atoms. The molecule has 1 heterocycles. The minimum atomic E-state index is -4.93. The van der Waals surface area contributed by atoms with Crippen LogP contribution in [0.2, 0.25) is 0 Å². The molecular formula is C28H33F7N2O2. The van der Waals surface area contributed by atoms with E-state index >= 15 is 0 Å². The highest BCUT2D eigenvalue weighted by Crippen LogP contribution is 2.37. The van der Waals surface area contributed by atoms with Crippen molar-refractivity contribution in [3.63, 3.8) is 0 Å². The fourth-order valence-electron chi connectivity index (χ4n) is 4.88. The molecule has 1 fully saturated rings. The molecule has 3 atom stereocenters. The Hall–Kier alpha value is -2.82. The van der Waals surface area contributed by atoms with Gasteiger partial charge in [0, 0.05) is 24.7 Å². The molecule has 11 heteroatoms. The topological polar surface area (TPSA) is 41.6 Å². The average Bonchev–Trinajstić information content (AvgIpc) is 2.81. The zero-order valence-corrected chi connectivity index (χ0v) is 22.2. The zero-order chi connectivity index (χ0) is 29.2. The van der Waals surface area contributed by atoms with E-state index < -0.39 is 47.0 Å². The third-order valence-corrected chi connectivity index (χ3v) is 6.60. The summed E-state index contributed by atoms with van der Waals surface area (Å²) in [6, 6.07) is 6.40. The molecule has 4 nitrogen and oxygen atoms in total. The Morgan fingerprint density at radius 2 is 1.44 bits per heavy atom. The lowest BCUT2D eigenvalue weighted by Crippen LogP contribution is -2.57. The van der Waals surface area contributed by atoms with Gasteiger partial charge in [0.05, 0.1) is 11.1 Å². The van der Waals surface area contributed by atoms with Crippen LogP contribution < -0.4 is 5.32 Å². The van der Waals surface area contributed by atoms with Crippen molar-refractivity contribution in [2.45, 2.75) is 96.0 Å². The molecule has 0 bridgehead atoms. The minimum absolute atomic E-state index is 0.106. The van der Waals surface area contributed by atoms with E-state index in [1.54, 1.807) is 37.8 Å². The maximum absolute atomic E-state index is 13.5. The molecule has 1 aliphatic heterocycles. The molecule has 1 aliphatic rings. The Balaban J connectivity index is 1.86. The number of ether oxygens (including phenoxy) is 1. The van der Waals surface area contributed by atoms with E-state index in [-0.39, 0.29) is 30.3 Å². The van der Waals surface area contributed by atoms with Gasteiger partial charge in [-0.1, -0.05) is 19.1 Å². The van der Waals surface area contributed by atoms with Crippen molar-refractivity contribution in [1.82, 2.24) is 10.2 Å². The monoisotopic (exact) mass is 562 g/mol. The first-order chi connectivity index (χ1) is 18.0. The average molecular weight is 563 g/mol. The summed E-state index contributed by atoms with van der Waals surface area (Å²) >= 11 is 0. The van der Waals surface area contributed by atoms with Gasteiger partial charge in [0.1, 0.15) is 11.4 Å². The number of hydrogen-bond donors (Lipinski definition) is 1. The number of rotatable bonds is 6. The number of carbonyl (C=O) groups is 1. The number of nitrogens with zero attached hydrogens (tertiary/aromatic N) is 1. The molecule has 1 saturated heterocycles. The summed E-state index contributed by atoms with van der Waals surface area (Å²) in [5, 5.41) is 3.12. The van der Waals surface area contributed by atoms with E-state index in [9.17, 15) is 35.5 Å². The quantitative estimate of drug-likeness (QED) is 0.366. The van der Waals surface area contributed by atoms with E-state index in [1.807, 2.05) is 6.92 Å². The predicted octanol–water partition coefficient (Wildman–Crippen LogP) is 7.74. The molecule has 0 aromatic heterocycles. The molecule has 2 aromatic carbocycles. The van der Waals surface area contributed by atoms with Crippen molar-refractivity contribution in [2.24, 2.45) is 0 Å². The number of nitrogens with one attached hydrogen (secondary N) is 1. The molecule has 39 heavy (non-hydrogen) atoms. The lowest BCUT2D eigenvalue weighted by atomic mass is 9.87. The van der Waals surface area contributed by atoms with E-state index in [1.165, 1.54) is 12.1 Å². The van der Waals surface area contributed by atoms with Gasteiger partial charge in [-0.25, -0.2) is 9.18 Å². The number of piperidine rings is 1. The maximum atomic E-state index is 13.5. The molecule has 0 aliphatic carbocycles. The van der Waals surface area contributed by atoms with Crippen LogP contribution in [0, 0.1) is 5.82 Å². The number of hydrogen-bond acceptors (Lipinski definition) is 3. The molecule has 2 aromatic rings. The van der Waals surface area contributed by atoms with Crippen molar-refractivity contribution in [3.05, 3.63) is 70.5 Å². The van der Waals surface area contributed by atoms with Crippen molar-refractivity contribution in [2.75, 3.05) is 0 Å². The smallest absolute Gasteiger partial charge is 0.416 e. The maximum Gasteiger partial charge on any atom is 0.416 e. The predicted molar refractivity (Wildman–Crippen MR) is 132 cm³/mol. The second-order valence-electron chi connectivity index (χ2n) is 10.9. The Labute approximate surface area is 223 Å². The summed E-state index contributed by atoms with van der Waals surface area (Å²) in [5.74, 6) is -0.406. The third-order valence-electron chi connectivity index (χ3n) is 6.60. The number of likely N-dealkylation sites (tertiary alicyclic amines) is 1. The SMILES string of the molecule is CCC1CC(NCc2cc(C(F)(F)F)cc(C(F)(F)F)c2)CC(Cc2ccc(F)cc2)N1C(=O)OC(C)(C)C. The van der Waals surface area contributed by atoms with Crippen LogP contribution in [0.15, 0.2) is 42.5 Å². The van der Waals surface area contributed by atoms with Crippen LogP contribution in [0.5, 0.6) is 0 Å². The van der Waals surface area contributed by atoms with Gasteiger partial charge in [0.15, 0.2) is 0 Å². The highest BCUT2D eigenvalue weighted by atomic mass is 19.4. The van der Waals surface area contributed by atoms with Crippen LogP contribution in [0.1, 0.15) is 69.2 Å². The lowest BCUT2D eigenvalue weighted by molar-refractivity contribution is -0.143. The van der Waals surface area contributed by atoms with E-state index in [0.717, 1.165) is 5.56 Å². The number of alkyl halides is 6. The van der Waals surface area contributed by atoms with Crippen LogP contribution in [0.25, 0.3) is 0 Å². The van der Waals surface area contributed by atoms with Gasteiger partial charge in [-0.3, -0.25) is 0 Å². The fourth-order valence-corrected chi connectivity index (χ4v) is 4.88. The largest absolute Gasteiger partial charge is 0.444 e. The molecule has 0 radical (unpaired) electrons. The Morgan fingerprint density at radius 1 is 0.897 bits per heavy atom. The molecule has 1 N–H and O–H groups in total. The van der Waals surface area contributed by atoms with E-state index in [2.05, 4.69) is 5.32 Å². The zero-order valence-electron chi connectivity index (χ0n) is 22.2. The Kier molecular flexibility index (Phi) is 9.24. The molecule has 1 amide bonds. The first-order valence-corrected chi connectivity index (χ1v) is 12.7. The lowest BCUT2D eigenvalue weighted by Gasteiger charge is -2.45. The van der Waals surface area contributed by atoms with Gasteiger partial charge >= 0.3 is 18.4 Å². The third kappa shape index (κ3) is 8.58. The van der Waals surface area contributed by atoms with Gasteiger partial charge in [0.25, 0.3) is 0 Å². The van der Waals surface area contributed by atoms with Crippen molar-refractivity contribution < 1.29 is 40.3 Å². The van der Waals surface area contributed by atoms with Gasteiger partial charge in [0.2, 0.25) is 0 Å². The van der Waals surface area contributed by atoms with Crippen molar-refractivity contribution in [3.8, 4) is 0 Å². The van der Waals surface area contributed by atoms with Crippen molar-refractivity contribution >= 4 is 6.09 Å². The fraction of sp³-hybridized carbons (Fsp3) is 0.536. The number of halogens is 7. The summed E-state index contributed by atoms with van der Waals surface area (Å²) < 4.78 is 98.8. The number of amides is 1. The van der Waals surface area contributed by atoms with Crippen LogP contribution >= 0.6 is 0 Å². The normalized spacial score (nSPS) is 20.7. The van der Waals surface area contributed by atoms with Gasteiger partial charge < -0.3 is 15.0 Å².